The standard InChI is InChI=1S/C27H26N2O2S/c1-17-10-12-18(13-11-17)25-24-20(15-27(2,3)16-22(24)30)28-19-7-4-5-8-21(19)29(25)26(31)23-9-6-14-32-23/h4-14,25,28H,15-16H2,1-3H3/t25-/m1/s1. The first kappa shape index (κ1) is 20.7. The van der Waals surface area contributed by atoms with E-state index in [1.807, 2.05) is 77.9 Å². The second-order valence-corrected chi connectivity index (χ2v) is 10.4. The van der Waals surface area contributed by atoms with Crippen molar-refractivity contribution in [1.29, 1.82) is 0 Å². The minimum atomic E-state index is -0.486. The Morgan fingerprint density at radius 3 is 2.50 bits per heavy atom. The molecule has 32 heavy (non-hydrogen) atoms. The third-order valence-electron chi connectivity index (χ3n) is 6.24. The third-order valence-corrected chi connectivity index (χ3v) is 7.10. The van der Waals surface area contributed by atoms with Crippen molar-refractivity contribution in [3.05, 3.63) is 93.3 Å². The van der Waals surface area contributed by atoms with Crippen LogP contribution in [-0.2, 0) is 4.79 Å². The summed E-state index contributed by atoms with van der Waals surface area (Å²) >= 11 is 1.42. The molecule has 0 bridgehead atoms. The van der Waals surface area contributed by atoms with Crippen molar-refractivity contribution in [2.75, 3.05) is 10.2 Å². The largest absolute Gasteiger partial charge is 0.357 e. The molecule has 2 aliphatic rings. The van der Waals surface area contributed by atoms with Crippen LogP contribution in [0.15, 0.2) is 77.3 Å². The van der Waals surface area contributed by atoms with Crippen LogP contribution in [0.4, 0.5) is 11.4 Å². The number of nitrogens with one attached hydrogen (secondary N) is 1. The van der Waals surface area contributed by atoms with Gasteiger partial charge >= 0.3 is 0 Å². The van der Waals surface area contributed by atoms with E-state index >= 15 is 0 Å². The number of fused-ring (bicyclic) bond motifs is 1. The molecular weight excluding hydrogens is 416 g/mol. The number of thiophene rings is 1. The van der Waals surface area contributed by atoms with Crippen LogP contribution in [0.1, 0.15) is 53.5 Å². The predicted molar refractivity (Wildman–Crippen MR) is 130 cm³/mol. The highest BCUT2D eigenvalue weighted by Gasteiger charge is 2.43. The summed E-state index contributed by atoms with van der Waals surface area (Å²) in [5, 5.41) is 5.47. The van der Waals surface area contributed by atoms with E-state index in [0.717, 1.165) is 34.6 Å². The Kier molecular flexibility index (Phi) is 5.01. The summed E-state index contributed by atoms with van der Waals surface area (Å²) in [6.45, 7) is 6.30. The van der Waals surface area contributed by atoms with Gasteiger partial charge in [-0.05, 0) is 47.9 Å². The molecule has 1 aliphatic carbocycles. The Morgan fingerprint density at radius 2 is 1.78 bits per heavy atom. The number of nitrogens with zero attached hydrogens (tertiary/aromatic N) is 1. The van der Waals surface area contributed by atoms with Gasteiger partial charge in [-0.1, -0.05) is 61.9 Å². The smallest absolute Gasteiger partial charge is 0.269 e. The van der Waals surface area contributed by atoms with Crippen molar-refractivity contribution in [1.82, 2.24) is 0 Å². The fourth-order valence-corrected chi connectivity index (χ4v) is 5.45. The summed E-state index contributed by atoms with van der Waals surface area (Å²) < 4.78 is 0. The summed E-state index contributed by atoms with van der Waals surface area (Å²) in [7, 11) is 0. The van der Waals surface area contributed by atoms with Crippen molar-refractivity contribution in [2.45, 2.75) is 39.7 Å². The fraction of sp³-hybridized carbons (Fsp3) is 0.259. The lowest BCUT2D eigenvalue weighted by atomic mass is 9.73. The summed E-state index contributed by atoms with van der Waals surface area (Å²) in [6, 6.07) is 19.3. The normalized spacial score (nSPS) is 19.7. The lowest BCUT2D eigenvalue weighted by Crippen LogP contribution is -2.39. The van der Waals surface area contributed by atoms with Crippen molar-refractivity contribution in [3.63, 3.8) is 0 Å². The summed E-state index contributed by atoms with van der Waals surface area (Å²) in [5.41, 5.74) is 5.21. The van der Waals surface area contributed by atoms with E-state index in [2.05, 4.69) is 19.2 Å². The average Bonchev–Trinajstić information content (AvgIpc) is 3.23. The molecular formula is C27H26N2O2S. The molecule has 1 amide bonds. The molecule has 1 atom stereocenters. The van der Waals surface area contributed by atoms with Crippen molar-refractivity contribution in [3.8, 4) is 0 Å². The molecule has 0 saturated heterocycles. The van der Waals surface area contributed by atoms with Gasteiger partial charge in [-0.3, -0.25) is 14.5 Å². The molecule has 0 radical (unpaired) electrons. The number of hydrogen-bond acceptors (Lipinski definition) is 4. The van der Waals surface area contributed by atoms with E-state index in [4.69, 9.17) is 0 Å². The molecule has 0 fully saturated rings. The monoisotopic (exact) mass is 442 g/mol. The Morgan fingerprint density at radius 1 is 1.03 bits per heavy atom. The second kappa shape index (κ2) is 7.75. The van der Waals surface area contributed by atoms with Gasteiger partial charge in [0.05, 0.1) is 22.3 Å². The van der Waals surface area contributed by atoms with E-state index in [0.29, 0.717) is 16.9 Å². The zero-order valence-electron chi connectivity index (χ0n) is 18.5. The molecule has 2 aromatic carbocycles. The van der Waals surface area contributed by atoms with Crippen LogP contribution in [0.5, 0.6) is 0 Å². The van der Waals surface area contributed by atoms with Crippen LogP contribution in [0.25, 0.3) is 0 Å². The number of allylic oxidation sites excluding steroid dienone is 1. The quantitative estimate of drug-likeness (QED) is 0.492. The lowest BCUT2D eigenvalue weighted by Gasteiger charge is -2.37. The SMILES string of the molecule is Cc1ccc([C@@H]2C3=C(CC(C)(C)CC3=O)Nc3ccccc3N2C(=O)c2cccs2)cc1. The fourth-order valence-electron chi connectivity index (χ4n) is 4.79. The van der Waals surface area contributed by atoms with Gasteiger partial charge in [0.25, 0.3) is 5.91 Å². The van der Waals surface area contributed by atoms with E-state index in [1.165, 1.54) is 11.3 Å². The van der Waals surface area contributed by atoms with Crippen molar-refractivity contribution < 1.29 is 9.59 Å². The molecule has 1 aromatic heterocycles. The van der Waals surface area contributed by atoms with Gasteiger partial charge < -0.3 is 5.32 Å². The molecule has 1 N–H and O–H groups in total. The van der Waals surface area contributed by atoms with Crippen LogP contribution in [0.2, 0.25) is 0 Å². The molecule has 0 unspecified atom stereocenters. The Labute approximate surface area is 192 Å². The van der Waals surface area contributed by atoms with E-state index in [-0.39, 0.29) is 17.1 Å². The summed E-state index contributed by atoms with van der Waals surface area (Å²) in [5.74, 6) is 0.0114. The van der Waals surface area contributed by atoms with E-state index < -0.39 is 6.04 Å². The van der Waals surface area contributed by atoms with E-state index in [1.54, 1.807) is 0 Å². The minimum absolute atomic E-state index is 0.0915. The number of aryl methyl sites for hydroxylation is 1. The van der Waals surface area contributed by atoms with Crippen LogP contribution < -0.4 is 10.2 Å². The number of hydrogen-bond donors (Lipinski definition) is 1. The molecule has 4 nitrogen and oxygen atoms in total. The number of para-hydroxylation sites is 2. The number of amides is 1. The number of ketones is 1. The van der Waals surface area contributed by atoms with Gasteiger partial charge in [-0.2, -0.15) is 0 Å². The van der Waals surface area contributed by atoms with E-state index in [9.17, 15) is 9.59 Å². The van der Waals surface area contributed by atoms with Gasteiger partial charge in [-0.15, -0.1) is 11.3 Å². The van der Waals surface area contributed by atoms with Crippen LogP contribution in [-0.4, -0.2) is 11.7 Å². The highest BCUT2D eigenvalue weighted by atomic mass is 32.1. The first-order valence-electron chi connectivity index (χ1n) is 10.9. The molecule has 162 valence electrons. The van der Waals surface area contributed by atoms with Gasteiger partial charge in [-0.25, -0.2) is 0 Å². The molecule has 3 aromatic rings. The second-order valence-electron chi connectivity index (χ2n) is 9.44. The summed E-state index contributed by atoms with van der Waals surface area (Å²) in [4.78, 5) is 30.0. The lowest BCUT2D eigenvalue weighted by molar-refractivity contribution is -0.118. The number of carbonyl (C=O) groups is 2. The Bertz CT molecular complexity index is 1220. The molecule has 0 saturated carbocycles. The molecule has 1 aliphatic heterocycles. The Balaban J connectivity index is 1.79. The maximum Gasteiger partial charge on any atom is 0.269 e. The topological polar surface area (TPSA) is 49.4 Å². The maximum absolute atomic E-state index is 13.9. The zero-order chi connectivity index (χ0) is 22.5. The molecule has 5 heteroatoms. The van der Waals surface area contributed by atoms with Crippen molar-refractivity contribution in [2.24, 2.45) is 5.41 Å². The average molecular weight is 443 g/mol. The minimum Gasteiger partial charge on any atom is -0.357 e. The summed E-state index contributed by atoms with van der Waals surface area (Å²) in [6.07, 6.45) is 1.22. The van der Waals surface area contributed by atoms with Crippen LogP contribution in [0.3, 0.4) is 0 Å². The number of rotatable bonds is 2. The highest BCUT2D eigenvalue weighted by molar-refractivity contribution is 7.12. The molecule has 2 heterocycles. The molecule has 5 rings (SSSR count). The number of carbonyl (C=O) groups excluding carboxylic acids is 2. The van der Waals surface area contributed by atoms with Gasteiger partial charge in [0.1, 0.15) is 0 Å². The maximum atomic E-state index is 13.9. The highest BCUT2D eigenvalue weighted by Crippen LogP contribution is 2.48. The zero-order valence-corrected chi connectivity index (χ0v) is 19.3. The van der Waals surface area contributed by atoms with Crippen LogP contribution in [0, 0.1) is 12.3 Å². The first-order chi connectivity index (χ1) is 15.3. The van der Waals surface area contributed by atoms with Gasteiger partial charge in [0, 0.05) is 17.7 Å². The van der Waals surface area contributed by atoms with Gasteiger partial charge in [0.15, 0.2) is 5.78 Å². The first-order valence-corrected chi connectivity index (χ1v) is 11.8. The van der Waals surface area contributed by atoms with Crippen molar-refractivity contribution >= 4 is 34.4 Å². The number of Topliss-reactive ketones (excluding diaryl/α,β-unsaturated/α-hetero) is 1. The Hall–Kier alpha value is -3.18. The predicted octanol–water partition coefficient (Wildman–Crippen LogP) is 6.51. The van der Waals surface area contributed by atoms with Crippen LogP contribution >= 0.6 is 11.3 Å². The number of anilines is 2. The third kappa shape index (κ3) is 3.56. The number of benzene rings is 2. The van der Waals surface area contributed by atoms with Gasteiger partial charge in [0.2, 0.25) is 0 Å². The molecule has 0 spiro atoms.